The fraction of sp³-hybridized carbons (Fsp3) is 0.0154. The molecule has 312 valence electrons. The molecular weight excluding hydrogens is 827 g/mol. The number of nitrogens with zero attached hydrogens (tertiary/aromatic N) is 1. The number of para-hydroxylation sites is 1. The summed E-state index contributed by atoms with van der Waals surface area (Å²) in [6.07, 6.45) is 0. The minimum Gasteiger partial charge on any atom is -0.310 e. The second-order valence-electron chi connectivity index (χ2n) is 17.9. The van der Waals surface area contributed by atoms with Crippen LogP contribution in [0.25, 0.3) is 86.6 Å². The minimum absolute atomic E-state index is 0.416. The van der Waals surface area contributed by atoms with Crippen molar-refractivity contribution in [1.82, 2.24) is 0 Å². The Kier molecular flexibility index (Phi) is 8.44. The summed E-state index contributed by atoms with van der Waals surface area (Å²) < 4.78 is 1.33. The molecule has 11 aromatic carbocycles. The lowest BCUT2D eigenvalue weighted by Gasteiger charge is -2.32. The van der Waals surface area contributed by atoms with Crippen molar-refractivity contribution in [1.29, 1.82) is 0 Å². The molecule has 0 atom stereocenters. The zero-order valence-electron chi connectivity index (χ0n) is 36.5. The first kappa shape index (κ1) is 38.0. The third-order valence-electron chi connectivity index (χ3n) is 14.5. The molecular formula is C65H41NS. The number of hydrogen-bond donors (Lipinski definition) is 0. The standard InChI is InChI=1S/C65H41NS/c1-4-18-43(19-5-1)61-62-54-38-34-45(40-56(54)49-24-10-11-28-55(49)64(62)67-63(61)44-20-6-2-7-21-44)42-32-35-47(36-33-42)66(46-22-8-3-9-23-46)48-37-39-53-52-27-14-17-31-59(52)65(60(53)41-48)57-29-15-12-25-50(57)51-26-13-16-30-58(51)65/h1-41H. The predicted octanol–water partition coefficient (Wildman–Crippen LogP) is 18.0. The van der Waals surface area contributed by atoms with E-state index < -0.39 is 5.41 Å². The van der Waals surface area contributed by atoms with Gasteiger partial charge >= 0.3 is 0 Å². The molecule has 1 nitrogen and oxygen atoms in total. The van der Waals surface area contributed by atoms with Crippen molar-refractivity contribution in [3.05, 3.63) is 271 Å². The summed E-state index contributed by atoms with van der Waals surface area (Å²) in [6.45, 7) is 0. The summed E-state index contributed by atoms with van der Waals surface area (Å²) in [5, 5.41) is 6.46. The maximum atomic E-state index is 2.47. The lowest BCUT2D eigenvalue weighted by molar-refractivity contribution is 0.793. The lowest BCUT2D eigenvalue weighted by atomic mass is 9.70. The Hall–Kier alpha value is -8.30. The van der Waals surface area contributed by atoms with Crippen molar-refractivity contribution in [2.45, 2.75) is 5.41 Å². The highest BCUT2D eigenvalue weighted by atomic mass is 32.1. The van der Waals surface area contributed by atoms with Crippen LogP contribution in [0.15, 0.2) is 249 Å². The van der Waals surface area contributed by atoms with Gasteiger partial charge in [0.1, 0.15) is 0 Å². The molecule has 2 aliphatic rings. The number of rotatable bonds is 6. The van der Waals surface area contributed by atoms with Crippen molar-refractivity contribution < 1.29 is 0 Å². The number of benzene rings is 11. The van der Waals surface area contributed by atoms with Gasteiger partial charge in [0.25, 0.3) is 0 Å². The van der Waals surface area contributed by atoms with Crippen LogP contribution in [0, 0.1) is 0 Å². The van der Waals surface area contributed by atoms with E-state index in [-0.39, 0.29) is 0 Å². The SMILES string of the molecule is c1ccc(-c2sc3c4ccccc4c4cc(-c5ccc(N(c6ccccc6)c6ccc7c(c6)C6(c8ccccc8-c8ccccc86)c6ccccc6-7)cc5)ccc4c3c2-c2ccccc2)cc1. The third kappa shape index (κ3) is 5.54. The molecule has 2 aliphatic carbocycles. The Labute approximate surface area is 394 Å². The van der Waals surface area contributed by atoms with Gasteiger partial charge in [-0.1, -0.05) is 206 Å². The maximum Gasteiger partial charge on any atom is 0.0726 e. The van der Waals surface area contributed by atoms with Gasteiger partial charge in [0, 0.05) is 43.0 Å². The summed E-state index contributed by atoms with van der Waals surface area (Å²) in [6, 6.07) is 92.2. The molecule has 14 rings (SSSR count). The van der Waals surface area contributed by atoms with Gasteiger partial charge in [0.05, 0.1) is 5.41 Å². The second-order valence-corrected chi connectivity index (χ2v) is 18.9. The molecule has 1 heterocycles. The summed E-state index contributed by atoms with van der Waals surface area (Å²) in [5.74, 6) is 0. The van der Waals surface area contributed by atoms with Crippen LogP contribution in [0.3, 0.4) is 0 Å². The summed E-state index contributed by atoms with van der Waals surface area (Å²) in [4.78, 5) is 3.73. The summed E-state index contributed by atoms with van der Waals surface area (Å²) >= 11 is 1.92. The van der Waals surface area contributed by atoms with Gasteiger partial charge in [-0.2, -0.15) is 0 Å². The highest BCUT2D eigenvalue weighted by molar-refractivity contribution is 7.24. The Morgan fingerprint density at radius 3 is 1.43 bits per heavy atom. The average molecular weight is 868 g/mol. The highest BCUT2D eigenvalue weighted by Crippen LogP contribution is 2.63. The second kappa shape index (κ2) is 14.9. The van der Waals surface area contributed by atoms with Gasteiger partial charge in [-0.3, -0.25) is 0 Å². The molecule has 1 spiro atoms. The van der Waals surface area contributed by atoms with Crippen LogP contribution in [-0.2, 0) is 5.41 Å². The molecule has 0 aliphatic heterocycles. The number of hydrogen-bond acceptors (Lipinski definition) is 2. The van der Waals surface area contributed by atoms with Crippen LogP contribution in [0.2, 0.25) is 0 Å². The van der Waals surface area contributed by atoms with Gasteiger partial charge in [0.2, 0.25) is 0 Å². The number of thiophene rings is 1. The molecule has 0 N–H and O–H groups in total. The molecule has 2 heteroatoms. The quantitative estimate of drug-likeness (QED) is 0.151. The predicted molar refractivity (Wildman–Crippen MR) is 284 cm³/mol. The van der Waals surface area contributed by atoms with Crippen LogP contribution < -0.4 is 4.90 Å². The van der Waals surface area contributed by atoms with Crippen molar-refractivity contribution in [2.75, 3.05) is 4.90 Å². The number of fused-ring (bicyclic) bond motifs is 16. The molecule has 0 bridgehead atoms. The van der Waals surface area contributed by atoms with E-state index in [9.17, 15) is 0 Å². The topological polar surface area (TPSA) is 3.24 Å². The molecule has 0 amide bonds. The Bertz CT molecular complexity index is 3840. The molecule has 0 radical (unpaired) electrons. The van der Waals surface area contributed by atoms with Gasteiger partial charge in [-0.15, -0.1) is 11.3 Å². The number of anilines is 3. The minimum atomic E-state index is -0.416. The van der Waals surface area contributed by atoms with Crippen molar-refractivity contribution in [3.8, 4) is 54.9 Å². The van der Waals surface area contributed by atoms with E-state index >= 15 is 0 Å². The molecule has 67 heavy (non-hydrogen) atoms. The van der Waals surface area contributed by atoms with E-state index in [1.165, 1.54) is 109 Å². The zero-order valence-corrected chi connectivity index (χ0v) is 37.3. The van der Waals surface area contributed by atoms with E-state index in [1.807, 2.05) is 11.3 Å². The van der Waals surface area contributed by atoms with E-state index in [4.69, 9.17) is 0 Å². The monoisotopic (exact) mass is 867 g/mol. The van der Waals surface area contributed by atoms with Crippen LogP contribution in [0.5, 0.6) is 0 Å². The van der Waals surface area contributed by atoms with E-state index in [1.54, 1.807) is 0 Å². The Morgan fingerprint density at radius 2 is 0.791 bits per heavy atom. The first-order chi connectivity index (χ1) is 33.3. The van der Waals surface area contributed by atoms with E-state index in [0.29, 0.717) is 0 Å². The maximum absolute atomic E-state index is 2.47. The van der Waals surface area contributed by atoms with Gasteiger partial charge in [0.15, 0.2) is 0 Å². The molecule has 0 saturated carbocycles. The molecule has 1 aromatic heterocycles. The molecule has 12 aromatic rings. The first-order valence-corrected chi connectivity index (χ1v) is 24.0. The van der Waals surface area contributed by atoms with Crippen molar-refractivity contribution in [3.63, 3.8) is 0 Å². The van der Waals surface area contributed by atoms with Crippen molar-refractivity contribution in [2.24, 2.45) is 0 Å². The normalized spacial score (nSPS) is 12.9. The smallest absolute Gasteiger partial charge is 0.0726 e. The highest BCUT2D eigenvalue weighted by Gasteiger charge is 2.51. The van der Waals surface area contributed by atoms with Crippen LogP contribution >= 0.6 is 11.3 Å². The fourth-order valence-corrected chi connectivity index (χ4v) is 13.1. The van der Waals surface area contributed by atoms with Gasteiger partial charge in [-0.05, 0) is 125 Å². The van der Waals surface area contributed by atoms with Gasteiger partial charge in [-0.25, -0.2) is 0 Å². The Balaban J connectivity index is 0.921. The summed E-state index contributed by atoms with van der Waals surface area (Å²) in [7, 11) is 0. The lowest BCUT2D eigenvalue weighted by Crippen LogP contribution is -2.26. The first-order valence-electron chi connectivity index (χ1n) is 23.2. The van der Waals surface area contributed by atoms with Crippen molar-refractivity contribution >= 4 is 60.0 Å². The largest absolute Gasteiger partial charge is 0.310 e. The zero-order chi connectivity index (χ0) is 44.1. The summed E-state index contributed by atoms with van der Waals surface area (Å²) in [5.41, 5.74) is 19.8. The van der Waals surface area contributed by atoms with E-state index in [2.05, 4.69) is 254 Å². The van der Waals surface area contributed by atoms with Gasteiger partial charge < -0.3 is 4.90 Å². The third-order valence-corrected chi connectivity index (χ3v) is 15.7. The Morgan fingerprint density at radius 1 is 0.299 bits per heavy atom. The van der Waals surface area contributed by atoms with Crippen LogP contribution in [0.1, 0.15) is 22.3 Å². The fourth-order valence-electron chi connectivity index (χ4n) is 11.7. The molecule has 0 saturated heterocycles. The van der Waals surface area contributed by atoms with Crippen LogP contribution in [-0.4, -0.2) is 0 Å². The molecule has 0 unspecified atom stereocenters. The van der Waals surface area contributed by atoms with E-state index in [0.717, 1.165) is 17.1 Å². The van der Waals surface area contributed by atoms with Crippen LogP contribution in [0.4, 0.5) is 17.1 Å². The average Bonchev–Trinajstić information content (AvgIpc) is 4.05. The molecule has 0 fully saturated rings.